The van der Waals surface area contributed by atoms with Gasteiger partial charge in [-0.15, -0.1) is 0 Å². The van der Waals surface area contributed by atoms with Crippen molar-refractivity contribution in [2.45, 2.75) is 38.1 Å². The standard InChI is InChI=1S/C21H27N3OS/c25-20(16-26-15-18-8-9-18)23-11-4-7-19(14-23)21-22-10-12-24(21)13-17-5-2-1-3-6-17/h1-3,5-6,10,12,18-19H,4,7-9,11,13-16H2/t19-/m0/s1. The number of aromatic nitrogens is 2. The van der Waals surface area contributed by atoms with Crippen molar-refractivity contribution in [2.24, 2.45) is 5.92 Å². The monoisotopic (exact) mass is 369 g/mol. The second kappa shape index (κ2) is 8.30. The molecule has 1 aliphatic carbocycles. The van der Waals surface area contributed by atoms with E-state index in [9.17, 15) is 4.79 Å². The van der Waals surface area contributed by atoms with Crippen LogP contribution in [0.4, 0.5) is 0 Å². The molecule has 1 saturated heterocycles. The van der Waals surface area contributed by atoms with Crippen LogP contribution in [0.15, 0.2) is 42.7 Å². The van der Waals surface area contributed by atoms with Gasteiger partial charge in [0.25, 0.3) is 0 Å². The fourth-order valence-corrected chi connectivity index (χ4v) is 4.84. The molecule has 0 N–H and O–H groups in total. The molecular weight excluding hydrogens is 342 g/mol. The first-order valence-electron chi connectivity index (χ1n) is 9.70. The van der Waals surface area contributed by atoms with Crippen LogP contribution >= 0.6 is 11.8 Å². The highest BCUT2D eigenvalue weighted by molar-refractivity contribution is 7.99. The number of carbonyl (C=O) groups excluding carboxylic acids is 1. The van der Waals surface area contributed by atoms with Crippen LogP contribution < -0.4 is 0 Å². The maximum absolute atomic E-state index is 12.6. The maximum atomic E-state index is 12.6. The van der Waals surface area contributed by atoms with Gasteiger partial charge in [-0.2, -0.15) is 11.8 Å². The summed E-state index contributed by atoms with van der Waals surface area (Å²) in [6.07, 6.45) is 8.86. The normalized spacial score (nSPS) is 20.3. The lowest BCUT2D eigenvalue weighted by Crippen LogP contribution is -2.40. The average Bonchev–Trinajstić information content (AvgIpc) is 3.39. The fourth-order valence-electron chi connectivity index (χ4n) is 3.70. The fraction of sp³-hybridized carbons (Fsp3) is 0.524. The average molecular weight is 370 g/mol. The molecule has 2 fully saturated rings. The van der Waals surface area contributed by atoms with Crippen LogP contribution in [0.3, 0.4) is 0 Å². The molecule has 0 unspecified atom stereocenters. The second-order valence-corrected chi connectivity index (χ2v) is 8.57. The molecule has 0 radical (unpaired) electrons. The Morgan fingerprint density at radius 2 is 2.04 bits per heavy atom. The maximum Gasteiger partial charge on any atom is 0.232 e. The highest BCUT2D eigenvalue weighted by Gasteiger charge is 2.28. The third-order valence-electron chi connectivity index (χ3n) is 5.36. The van der Waals surface area contributed by atoms with Crippen molar-refractivity contribution < 1.29 is 4.79 Å². The van der Waals surface area contributed by atoms with E-state index in [4.69, 9.17) is 0 Å². The molecule has 1 aromatic heterocycles. The van der Waals surface area contributed by atoms with Crippen LogP contribution in [-0.2, 0) is 11.3 Å². The minimum absolute atomic E-state index is 0.307. The van der Waals surface area contributed by atoms with Crippen LogP contribution in [0.2, 0.25) is 0 Å². The lowest BCUT2D eigenvalue weighted by Gasteiger charge is -2.32. The summed E-state index contributed by atoms with van der Waals surface area (Å²) >= 11 is 1.82. The molecular formula is C21H27N3OS. The van der Waals surface area contributed by atoms with Crippen molar-refractivity contribution in [3.63, 3.8) is 0 Å². The molecule has 2 aliphatic rings. The van der Waals surface area contributed by atoms with E-state index in [1.54, 1.807) is 0 Å². The Kier molecular flexibility index (Phi) is 5.63. The smallest absolute Gasteiger partial charge is 0.232 e. The molecule has 138 valence electrons. The third-order valence-corrected chi connectivity index (χ3v) is 6.52. The first-order chi connectivity index (χ1) is 12.8. The number of thioether (sulfide) groups is 1. The molecule has 4 rings (SSSR count). The van der Waals surface area contributed by atoms with Gasteiger partial charge in [-0.25, -0.2) is 4.98 Å². The van der Waals surface area contributed by atoms with Crippen LogP contribution in [0.1, 0.15) is 43.0 Å². The number of piperidine rings is 1. The summed E-state index contributed by atoms with van der Waals surface area (Å²) in [6.45, 7) is 2.56. The number of nitrogens with zero attached hydrogens (tertiary/aromatic N) is 3. The predicted octanol–water partition coefficient (Wildman–Crippen LogP) is 3.78. The molecule has 2 heterocycles. The topological polar surface area (TPSA) is 38.1 Å². The van der Waals surface area contributed by atoms with Gasteiger partial charge < -0.3 is 9.47 Å². The van der Waals surface area contributed by atoms with Gasteiger partial charge in [0.15, 0.2) is 0 Å². The Balaban J connectivity index is 1.36. The van der Waals surface area contributed by atoms with Gasteiger partial charge in [0, 0.05) is 37.9 Å². The van der Waals surface area contributed by atoms with Crippen LogP contribution in [-0.4, -0.2) is 45.0 Å². The first-order valence-corrected chi connectivity index (χ1v) is 10.9. The number of rotatable bonds is 7. The highest BCUT2D eigenvalue weighted by atomic mass is 32.2. The van der Waals surface area contributed by atoms with Crippen molar-refractivity contribution >= 4 is 17.7 Å². The van der Waals surface area contributed by atoms with Crippen molar-refractivity contribution in [2.75, 3.05) is 24.6 Å². The Morgan fingerprint density at radius 3 is 2.85 bits per heavy atom. The molecule has 1 amide bonds. The van der Waals surface area contributed by atoms with E-state index in [0.717, 1.165) is 50.0 Å². The van der Waals surface area contributed by atoms with Crippen LogP contribution in [0.25, 0.3) is 0 Å². The summed E-state index contributed by atoms with van der Waals surface area (Å²) in [5.41, 5.74) is 1.28. The van der Waals surface area contributed by atoms with E-state index in [0.29, 0.717) is 17.6 Å². The molecule has 26 heavy (non-hydrogen) atoms. The minimum Gasteiger partial charge on any atom is -0.341 e. The zero-order valence-corrected chi connectivity index (χ0v) is 16.0. The van der Waals surface area contributed by atoms with Crippen molar-refractivity contribution in [1.82, 2.24) is 14.5 Å². The number of hydrogen-bond donors (Lipinski definition) is 0. The van der Waals surface area contributed by atoms with Gasteiger partial charge in [0.2, 0.25) is 5.91 Å². The zero-order valence-electron chi connectivity index (χ0n) is 15.2. The van der Waals surface area contributed by atoms with Gasteiger partial charge in [0.05, 0.1) is 5.75 Å². The van der Waals surface area contributed by atoms with Gasteiger partial charge in [-0.1, -0.05) is 30.3 Å². The van der Waals surface area contributed by atoms with E-state index in [1.807, 2.05) is 24.0 Å². The Bertz CT molecular complexity index is 726. The molecule has 2 aromatic rings. The third kappa shape index (κ3) is 4.50. The summed E-state index contributed by atoms with van der Waals surface area (Å²) in [7, 11) is 0. The summed E-state index contributed by atoms with van der Waals surface area (Å²) in [5.74, 6) is 4.46. The number of carbonyl (C=O) groups is 1. The molecule has 0 spiro atoms. The Hall–Kier alpha value is -1.75. The number of amides is 1. The van der Waals surface area contributed by atoms with Crippen molar-refractivity contribution in [1.29, 1.82) is 0 Å². The molecule has 1 atom stereocenters. The van der Waals surface area contributed by atoms with Crippen molar-refractivity contribution in [3.8, 4) is 0 Å². The minimum atomic E-state index is 0.307. The largest absolute Gasteiger partial charge is 0.341 e. The molecule has 4 nitrogen and oxygen atoms in total. The van der Waals surface area contributed by atoms with Crippen LogP contribution in [0, 0.1) is 5.92 Å². The predicted molar refractivity (Wildman–Crippen MR) is 106 cm³/mol. The first kappa shape index (κ1) is 17.7. The molecule has 1 saturated carbocycles. The van der Waals surface area contributed by atoms with E-state index >= 15 is 0 Å². The van der Waals surface area contributed by atoms with Crippen molar-refractivity contribution in [3.05, 3.63) is 54.1 Å². The Morgan fingerprint density at radius 1 is 1.19 bits per heavy atom. The number of benzene rings is 1. The molecule has 1 aromatic carbocycles. The summed E-state index contributed by atoms with van der Waals surface area (Å²) in [5, 5.41) is 0. The number of imidazole rings is 1. The number of likely N-dealkylation sites (tertiary alicyclic amines) is 1. The zero-order chi connectivity index (χ0) is 17.8. The second-order valence-electron chi connectivity index (χ2n) is 7.54. The van der Waals surface area contributed by atoms with E-state index in [-0.39, 0.29) is 0 Å². The van der Waals surface area contributed by atoms with Gasteiger partial charge in [0.1, 0.15) is 5.82 Å². The quantitative estimate of drug-likeness (QED) is 0.745. The number of hydrogen-bond acceptors (Lipinski definition) is 3. The van der Waals surface area contributed by atoms with E-state index < -0.39 is 0 Å². The molecule has 1 aliphatic heterocycles. The highest BCUT2D eigenvalue weighted by Crippen LogP contribution is 2.32. The van der Waals surface area contributed by atoms with Crippen LogP contribution in [0.5, 0.6) is 0 Å². The van der Waals surface area contributed by atoms with E-state index in [2.05, 4.69) is 44.9 Å². The SMILES string of the molecule is O=C(CSCC1CC1)N1CCC[C@H](c2nccn2Cc2ccccc2)C1. The summed E-state index contributed by atoms with van der Waals surface area (Å²) in [6, 6.07) is 10.5. The van der Waals surface area contributed by atoms with Gasteiger partial charge >= 0.3 is 0 Å². The lowest BCUT2D eigenvalue weighted by molar-refractivity contribution is -0.129. The summed E-state index contributed by atoms with van der Waals surface area (Å²) < 4.78 is 2.25. The molecule has 5 heteroatoms. The summed E-state index contributed by atoms with van der Waals surface area (Å²) in [4.78, 5) is 19.3. The Labute approximate surface area is 160 Å². The van der Waals surface area contributed by atoms with Gasteiger partial charge in [-0.3, -0.25) is 4.79 Å². The lowest BCUT2D eigenvalue weighted by atomic mass is 9.97. The van der Waals surface area contributed by atoms with Gasteiger partial charge in [-0.05, 0) is 42.9 Å². The molecule has 0 bridgehead atoms. The van der Waals surface area contributed by atoms with E-state index in [1.165, 1.54) is 18.4 Å².